The zero-order valence-electron chi connectivity index (χ0n) is 8.09. The van der Waals surface area contributed by atoms with E-state index in [9.17, 15) is 9.18 Å². The highest BCUT2D eigenvalue weighted by Gasteiger charge is 2.18. The highest BCUT2D eigenvalue weighted by atomic mass is 79.9. The van der Waals surface area contributed by atoms with E-state index < -0.39 is 17.3 Å². The molecule has 0 saturated heterocycles. The van der Waals surface area contributed by atoms with E-state index in [1.54, 1.807) is 0 Å². The number of hydrogen-bond acceptors (Lipinski definition) is 2. The summed E-state index contributed by atoms with van der Waals surface area (Å²) in [4.78, 5) is 10.7. The first-order valence-corrected chi connectivity index (χ1v) is 5.21. The van der Waals surface area contributed by atoms with Crippen LogP contribution in [0.25, 0.3) is 0 Å². The lowest BCUT2D eigenvalue weighted by Crippen LogP contribution is -2.05. The average molecular weight is 277 g/mol. The van der Waals surface area contributed by atoms with Gasteiger partial charge in [-0.25, -0.2) is 9.18 Å². The molecule has 0 amide bonds. The molecule has 1 N–H and O–H groups in total. The fraction of sp³-hybridized carbons (Fsp3) is 0.300. The first-order valence-electron chi connectivity index (χ1n) is 4.42. The van der Waals surface area contributed by atoms with E-state index >= 15 is 0 Å². The Bertz CT molecular complexity index is 379. The van der Waals surface area contributed by atoms with Crippen molar-refractivity contribution in [2.75, 3.05) is 6.61 Å². The maximum absolute atomic E-state index is 13.6. The van der Waals surface area contributed by atoms with Gasteiger partial charge in [-0.3, -0.25) is 0 Å². The number of ether oxygens (including phenoxy) is 1. The molecule has 0 bridgehead atoms. The lowest BCUT2D eigenvalue weighted by molar-refractivity contribution is 0.0689. The third-order valence-electron chi connectivity index (χ3n) is 1.73. The molecule has 15 heavy (non-hydrogen) atoms. The molecule has 0 aliphatic rings. The van der Waals surface area contributed by atoms with Gasteiger partial charge in [0.2, 0.25) is 0 Å². The molecule has 0 radical (unpaired) electrons. The second-order valence-corrected chi connectivity index (χ2v) is 3.74. The van der Waals surface area contributed by atoms with Crippen LogP contribution < -0.4 is 4.74 Å². The molecule has 0 aliphatic carbocycles. The maximum atomic E-state index is 13.6. The second kappa shape index (κ2) is 5.11. The van der Waals surface area contributed by atoms with Crippen LogP contribution in [0.2, 0.25) is 0 Å². The molecule has 5 heteroatoms. The molecular formula is C10H10BrFO3. The number of halogens is 2. The lowest BCUT2D eigenvalue weighted by Gasteiger charge is -2.08. The molecule has 0 heterocycles. The Balaban J connectivity index is 3.11. The molecule has 0 spiro atoms. The largest absolute Gasteiger partial charge is 0.491 e. The van der Waals surface area contributed by atoms with E-state index in [4.69, 9.17) is 9.84 Å². The van der Waals surface area contributed by atoms with Gasteiger partial charge in [0, 0.05) is 4.47 Å². The van der Waals surface area contributed by atoms with E-state index in [1.165, 1.54) is 12.1 Å². The third-order valence-corrected chi connectivity index (χ3v) is 2.39. The molecule has 0 unspecified atom stereocenters. The summed E-state index contributed by atoms with van der Waals surface area (Å²) in [5.74, 6) is -2.19. The Hall–Kier alpha value is -1.10. The molecule has 1 aromatic carbocycles. The van der Waals surface area contributed by atoms with Gasteiger partial charge >= 0.3 is 5.97 Å². The van der Waals surface area contributed by atoms with E-state index in [2.05, 4.69) is 15.9 Å². The molecule has 3 nitrogen and oxygen atoms in total. The number of benzene rings is 1. The minimum absolute atomic E-state index is 0.0301. The zero-order valence-corrected chi connectivity index (χ0v) is 9.67. The van der Waals surface area contributed by atoms with Crippen LogP contribution in [-0.2, 0) is 0 Å². The normalized spacial score (nSPS) is 10.1. The van der Waals surface area contributed by atoms with E-state index in [0.29, 0.717) is 6.61 Å². The number of hydrogen-bond donors (Lipinski definition) is 1. The van der Waals surface area contributed by atoms with Crippen LogP contribution in [-0.4, -0.2) is 17.7 Å². The summed E-state index contributed by atoms with van der Waals surface area (Å²) in [6, 6.07) is 2.86. The van der Waals surface area contributed by atoms with Crippen molar-refractivity contribution in [3.63, 3.8) is 0 Å². The summed E-state index contributed by atoms with van der Waals surface area (Å²) < 4.78 is 18.8. The molecule has 0 aromatic heterocycles. The quantitative estimate of drug-likeness (QED) is 0.919. The Labute approximate surface area is 95.0 Å². The Morgan fingerprint density at radius 3 is 2.80 bits per heavy atom. The SMILES string of the molecule is CCCOc1ccc(Br)c(C(=O)O)c1F. The predicted octanol–water partition coefficient (Wildman–Crippen LogP) is 3.08. The Kier molecular flexibility index (Phi) is 4.08. The highest BCUT2D eigenvalue weighted by molar-refractivity contribution is 9.10. The van der Waals surface area contributed by atoms with E-state index in [1.807, 2.05) is 6.92 Å². The summed E-state index contributed by atoms with van der Waals surface area (Å²) in [5.41, 5.74) is -0.399. The van der Waals surface area contributed by atoms with Gasteiger partial charge in [-0.1, -0.05) is 6.92 Å². The molecule has 82 valence electrons. The fourth-order valence-corrected chi connectivity index (χ4v) is 1.53. The predicted molar refractivity (Wildman–Crippen MR) is 56.8 cm³/mol. The standard InChI is InChI=1S/C10H10BrFO3/c1-2-5-15-7-4-3-6(11)8(9(7)12)10(13)14/h3-4H,2,5H2,1H3,(H,13,14). The smallest absolute Gasteiger partial charge is 0.339 e. The summed E-state index contributed by atoms with van der Waals surface area (Å²) in [5, 5.41) is 8.77. The Morgan fingerprint density at radius 1 is 1.60 bits per heavy atom. The van der Waals surface area contributed by atoms with Gasteiger partial charge in [0.1, 0.15) is 5.56 Å². The van der Waals surface area contributed by atoms with Gasteiger partial charge in [0.25, 0.3) is 0 Å². The first-order chi connectivity index (χ1) is 7.07. The van der Waals surface area contributed by atoms with Crippen LogP contribution in [0, 0.1) is 5.82 Å². The summed E-state index contributed by atoms with van der Waals surface area (Å²) in [6.45, 7) is 2.24. The molecule has 0 aliphatic heterocycles. The van der Waals surface area contributed by atoms with Crippen molar-refractivity contribution in [1.82, 2.24) is 0 Å². The van der Waals surface area contributed by atoms with Crippen molar-refractivity contribution < 1.29 is 19.0 Å². The second-order valence-electron chi connectivity index (χ2n) is 2.89. The van der Waals surface area contributed by atoms with E-state index in [0.717, 1.165) is 6.42 Å². The van der Waals surface area contributed by atoms with Gasteiger partial charge in [-0.2, -0.15) is 0 Å². The lowest BCUT2D eigenvalue weighted by atomic mass is 10.2. The van der Waals surface area contributed by atoms with Crippen molar-refractivity contribution in [2.24, 2.45) is 0 Å². The molecule has 0 fully saturated rings. The maximum Gasteiger partial charge on any atom is 0.339 e. The third kappa shape index (κ3) is 2.68. The van der Waals surface area contributed by atoms with Gasteiger partial charge in [-0.05, 0) is 34.5 Å². The number of aromatic carboxylic acids is 1. The van der Waals surface area contributed by atoms with Gasteiger partial charge in [0.15, 0.2) is 11.6 Å². The first kappa shape index (κ1) is 12.0. The van der Waals surface area contributed by atoms with Crippen molar-refractivity contribution >= 4 is 21.9 Å². The summed E-state index contributed by atoms with van der Waals surface area (Å²) >= 11 is 2.97. The Morgan fingerprint density at radius 2 is 2.27 bits per heavy atom. The number of carboxylic acids is 1. The molecule has 0 atom stereocenters. The van der Waals surface area contributed by atoms with Crippen LogP contribution >= 0.6 is 15.9 Å². The fourth-order valence-electron chi connectivity index (χ4n) is 1.05. The van der Waals surface area contributed by atoms with Crippen molar-refractivity contribution in [3.8, 4) is 5.75 Å². The monoisotopic (exact) mass is 276 g/mol. The van der Waals surface area contributed by atoms with Gasteiger partial charge < -0.3 is 9.84 Å². The number of carbonyl (C=O) groups is 1. The average Bonchev–Trinajstić information content (AvgIpc) is 2.16. The summed E-state index contributed by atoms with van der Waals surface area (Å²) in [6.07, 6.45) is 0.734. The minimum atomic E-state index is -1.32. The van der Waals surface area contributed by atoms with Crippen molar-refractivity contribution in [3.05, 3.63) is 28.0 Å². The van der Waals surface area contributed by atoms with Gasteiger partial charge in [0.05, 0.1) is 6.61 Å². The van der Waals surface area contributed by atoms with Crippen LogP contribution in [0.15, 0.2) is 16.6 Å². The molecule has 1 rings (SSSR count). The topological polar surface area (TPSA) is 46.5 Å². The van der Waals surface area contributed by atoms with Crippen LogP contribution in [0.1, 0.15) is 23.7 Å². The minimum Gasteiger partial charge on any atom is -0.491 e. The van der Waals surface area contributed by atoms with Crippen LogP contribution in [0.4, 0.5) is 4.39 Å². The van der Waals surface area contributed by atoms with Crippen molar-refractivity contribution in [2.45, 2.75) is 13.3 Å². The summed E-state index contributed by atoms with van der Waals surface area (Å²) in [7, 11) is 0. The molecular weight excluding hydrogens is 267 g/mol. The molecule has 0 saturated carbocycles. The highest BCUT2D eigenvalue weighted by Crippen LogP contribution is 2.27. The van der Waals surface area contributed by atoms with Crippen LogP contribution in [0.3, 0.4) is 0 Å². The van der Waals surface area contributed by atoms with Crippen LogP contribution in [0.5, 0.6) is 5.75 Å². The zero-order chi connectivity index (χ0) is 11.4. The number of carboxylic acid groups (broad SMARTS) is 1. The molecule has 1 aromatic rings. The van der Waals surface area contributed by atoms with Crippen molar-refractivity contribution in [1.29, 1.82) is 0 Å². The number of rotatable bonds is 4. The van der Waals surface area contributed by atoms with E-state index in [-0.39, 0.29) is 10.2 Å². The van der Waals surface area contributed by atoms with Gasteiger partial charge in [-0.15, -0.1) is 0 Å².